The number of carbonyl (C=O) groups is 1. The maximum atomic E-state index is 9.84. The van der Waals surface area contributed by atoms with Crippen molar-refractivity contribution < 1.29 is 39.8 Å². The number of esters is 1. The summed E-state index contributed by atoms with van der Waals surface area (Å²) in [6.45, 7) is 3.16. The Labute approximate surface area is 245 Å². The van der Waals surface area contributed by atoms with Crippen molar-refractivity contribution >= 4 is 194 Å². The van der Waals surface area contributed by atoms with Crippen molar-refractivity contribution in [1.82, 2.24) is 0 Å². The number of carbonyl (C=O) groups excluding carboxylic acids is 1. The molecule has 0 rings (SSSR count). The summed E-state index contributed by atoms with van der Waals surface area (Å²) in [7, 11) is 1.31. The van der Waals surface area contributed by atoms with E-state index in [1.807, 2.05) is 0 Å². The fraction of sp³-hybridized carbons (Fsp3) is 0.250. The van der Waals surface area contributed by atoms with Gasteiger partial charge in [-0.05, 0) is 0 Å². The Kier molecular flexibility index (Phi) is 67.4. The molecule has 0 unspecified atom stereocenters. The molecule has 0 heterocycles. The molecule has 0 radical (unpaired) electrons. The van der Waals surface area contributed by atoms with Gasteiger partial charge in [0.05, 0.1) is 7.11 Å². The Bertz CT molecular complexity index is 160. The van der Waals surface area contributed by atoms with Crippen LogP contribution >= 0.6 is 71.0 Å². The standard InChI is InChI=1S/C4H6O2.3Ca.4HI.Pb.Ti.6H/c1-3-4(5)6-2;;;;;;;;;;;;;;;/h3H,1H2,2H3;;;;4*1H;;;;;;;;/q;3*+2;;;;;+4;;6*-1/p-4. The molecule has 11 heteroatoms. The smallest absolute Gasteiger partial charge is 0 e. The van der Waals surface area contributed by atoms with Gasteiger partial charge in [-0.25, -0.2) is 4.79 Å². The minimum Gasteiger partial charge on any atom is 0 e. The van der Waals surface area contributed by atoms with Crippen molar-refractivity contribution in [2.75, 3.05) is 7.11 Å². The van der Waals surface area contributed by atoms with Crippen LogP contribution in [0.15, 0.2) is 12.7 Å². The van der Waals surface area contributed by atoms with Gasteiger partial charge in [0.25, 0.3) is 0 Å². The molecule has 0 aromatic heterocycles. The van der Waals surface area contributed by atoms with Gasteiger partial charge in [-0.3, -0.25) is 0 Å². The van der Waals surface area contributed by atoms with Crippen molar-refractivity contribution in [2.24, 2.45) is 0 Å². The molecular formula is C4H12Ca3I4O2PbTi. The van der Waals surface area contributed by atoms with Gasteiger partial charge in [0.1, 0.15) is 0 Å². The Morgan fingerprint density at radius 2 is 1.47 bits per heavy atom. The van der Waals surface area contributed by atoms with E-state index in [2.05, 4.69) is 82.4 Å². The molecule has 0 aliphatic heterocycles. The topological polar surface area (TPSA) is 26.3 Å². The van der Waals surface area contributed by atoms with E-state index in [4.69, 9.17) is 0 Å². The molecule has 0 aliphatic rings. The average molecular weight is 975 g/mol. The van der Waals surface area contributed by atoms with Gasteiger partial charge < -0.3 is 13.3 Å². The van der Waals surface area contributed by atoms with E-state index < -0.39 is 9.97 Å². The van der Waals surface area contributed by atoms with Gasteiger partial charge >= 0.3 is 194 Å². The second kappa shape index (κ2) is 26.4. The fourth-order valence-corrected chi connectivity index (χ4v) is 0.0833. The Morgan fingerprint density at radius 1 is 1.27 bits per heavy atom. The van der Waals surface area contributed by atoms with Crippen molar-refractivity contribution in [3.63, 3.8) is 0 Å². The second-order valence-electron chi connectivity index (χ2n) is 1.16. The minimum atomic E-state index is -1.40. The molecule has 82 valence electrons. The van der Waals surface area contributed by atoms with Crippen LogP contribution in [0.25, 0.3) is 0 Å². The predicted molar refractivity (Wildman–Crippen MR) is 108 cm³/mol. The molecule has 0 aromatic carbocycles. The Hall–Kier alpha value is 7.55. The average Bonchev–Trinajstić information content (AvgIpc) is 1.83. The Morgan fingerprint density at radius 3 is 1.47 bits per heavy atom. The third-order valence-electron chi connectivity index (χ3n) is 0.368. The zero-order valence-corrected chi connectivity index (χ0v) is 28.9. The summed E-state index contributed by atoms with van der Waals surface area (Å²) in [6.07, 6.45) is 1.11. The maximum Gasteiger partial charge on any atom is 0 e. The van der Waals surface area contributed by atoms with Crippen LogP contribution in [0.5, 0.6) is 0 Å². The number of ether oxygens (including phenoxy) is 1. The number of hydrogen-bond donors (Lipinski definition) is 0. The van der Waals surface area contributed by atoms with E-state index in [-0.39, 0.29) is 143 Å². The van der Waals surface area contributed by atoms with Crippen LogP contribution in [0.4, 0.5) is 0 Å². The van der Waals surface area contributed by atoms with Crippen LogP contribution in [-0.4, -0.2) is 130 Å². The molecule has 0 bridgehead atoms. The summed E-state index contributed by atoms with van der Waals surface area (Å²) in [6, 6.07) is 0. The summed E-state index contributed by atoms with van der Waals surface area (Å²) in [5, 5.41) is 0. The van der Waals surface area contributed by atoms with Crippen molar-refractivity contribution in [3.05, 3.63) is 12.7 Å². The Balaban J connectivity index is -0.00000000525. The second-order valence-corrected chi connectivity index (χ2v) is 170. The first-order valence-electron chi connectivity index (χ1n) is 2.27. The van der Waals surface area contributed by atoms with E-state index >= 15 is 0 Å². The van der Waals surface area contributed by atoms with Crippen LogP contribution in [0, 0.1) is 0 Å². The summed E-state index contributed by atoms with van der Waals surface area (Å²) in [5.41, 5.74) is 0. The fourth-order valence-electron chi connectivity index (χ4n) is 0.0833. The molecule has 0 spiro atoms. The molecule has 0 aromatic rings. The summed E-state index contributed by atoms with van der Waals surface area (Å²) >= 11 is 10.2. The van der Waals surface area contributed by atoms with E-state index in [9.17, 15) is 4.79 Å². The van der Waals surface area contributed by atoms with E-state index in [1.54, 1.807) is 0 Å². The SMILES string of the molecule is C=CC(=O)OC.[Ca+2].[Ca+2].[Ca+2].[H-].[H-].[H-].[H-].[H-].[H-].[I][Pb]([I])([I])[I].[Ti]. The van der Waals surface area contributed by atoms with E-state index in [0.717, 1.165) is 6.08 Å². The first-order valence-corrected chi connectivity index (χ1v) is 46.0. The monoisotopic (exact) mass is 976 g/mol. The normalized spacial score (nSPS) is 6.73. The van der Waals surface area contributed by atoms with Crippen molar-refractivity contribution in [2.45, 2.75) is 0 Å². The predicted octanol–water partition coefficient (Wildman–Crippen LogP) is 3.04. The molecule has 0 aliphatic carbocycles. The number of hydrogen-bond acceptors (Lipinski definition) is 2. The van der Waals surface area contributed by atoms with Gasteiger partial charge in [-0.15, -0.1) is 0 Å². The van der Waals surface area contributed by atoms with Crippen molar-refractivity contribution in [3.8, 4) is 0 Å². The van der Waals surface area contributed by atoms with Gasteiger partial charge in [0, 0.05) is 27.8 Å². The first kappa shape index (κ1) is 38.2. The van der Waals surface area contributed by atoms with Crippen LogP contribution < -0.4 is 0 Å². The summed E-state index contributed by atoms with van der Waals surface area (Å²) < 4.78 is 2.74. The molecule has 0 saturated heterocycles. The van der Waals surface area contributed by atoms with Gasteiger partial charge in [0.15, 0.2) is 0 Å². The molecule has 0 saturated carbocycles. The third-order valence-corrected chi connectivity index (χ3v) is 0.368. The molecule has 15 heavy (non-hydrogen) atoms. The van der Waals surface area contributed by atoms with Gasteiger partial charge in [-0.2, -0.15) is 0 Å². The minimum absolute atomic E-state index is 0. The number of halogens is 4. The van der Waals surface area contributed by atoms with Crippen LogP contribution in [0.1, 0.15) is 8.56 Å². The zero-order valence-electron chi connectivity index (χ0n) is 14.2. The van der Waals surface area contributed by atoms with Gasteiger partial charge in [0.2, 0.25) is 0 Å². The quantitative estimate of drug-likeness (QED) is 0.175. The van der Waals surface area contributed by atoms with Crippen LogP contribution in [0.2, 0.25) is 0 Å². The molecule has 0 amide bonds. The summed E-state index contributed by atoms with van der Waals surface area (Å²) in [4.78, 5) is 9.84. The van der Waals surface area contributed by atoms with E-state index in [1.165, 1.54) is 7.11 Å². The third kappa shape index (κ3) is 61.7. The van der Waals surface area contributed by atoms with Gasteiger partial charge in [-0.1, -0.05) is 6.58 Å². The van der Waals surface area contributed by atoms with Crippen molar-refractivity contribution in [1.29, 1.82) is 0 Å². The first-order chi connectivity index (χ1) is 4.81. The van der Waals surface area contributed by atoms with Crippen LogP contribution in [-0.2, 0) is 31.2 Å². The maximum absolute atomic E-state index is 9.84. The molecule has 0 N–H and O–H groups in total. The largest absolute Gasteiger partial charge is 0 e. The molecule has 0 fully saturated rings. The number of rotatable bonds is 1. The molecule has 2 nitrogen and oxygen atoms in total. The van der Waals surface area contributed by atoms with E-state index in [0.29, 0.717) is 0 Å². The zero-order chi connectivity index (χ0) is 9.49. The molecular weight excluding hydrogens is 963 g/mol. The summed E-state index contributed by atoms with van der Waals surface area (Å²) in [5.74, 6) is -0.394. The molecule has 0 atom stereocenters. The van der Waals surface area contributed by atoms with Crippen LogP contribution in [0.3, 0.4) is 0 Å². The number of methoxy groups -OCH3 is 1.